The van der Waals surface area contributed by atoms with E-state index in [9.17, 15) is 4.79 Å². The zero-order valence-electron chi connectivity index (χ0n) is 7.10. The van der Waals surface area contributed by atoms with Crippen molar-refractivity contribution in [3.05, 3.63) is 0 Å². The predicted molar refractivity (Wildman–Crippen MR) is 46.0 cm³/mol. The molecule has 0 aromatic carbocycles. The van der Waals surface area contributed by atoms with E-state index in [0.29, 0.717) is 6.54 Å². The first kappa shape index (κ1) is 8.44. The van der Waals surface area contributed by atoms with Gasteiger partial charge in [0.25, 0.3) is 0 Å². The normalized spacial score (nSPS) is 21.5. The van der Waals surface area contributed by atoms with E-state index >= 15 is 0 Å². The summed E-state index contributed by atoms with van der Waals surface area (Å²) in [7, 11) is 0. The van der Waals surface area contributed by atoms with Crippen LogP contribution in [-0.2, 0) is 4.79 Å². The molecule has 0 aromatic heterocycles. The van der Waals surface area contributed by atoms with Crippen LogP contribution in [-0.4, -0.2) is 19.0 Å². The second-order valence-corrected chi connectivity index (χ2v) is 3.57. The third kappa shape index (κ3) is 1.67. The highest BCUT2D eigenvalue weighted by Crippen LogP contribution is 2.38. The molecule has 0 atom stereocenters. The Bertz CT molecular complexity index is 168. The topological polar surface area (TPSA) is 29.4 Å². The number of Topliss-reactive ketones (excluding diaryl/α,β-unsaturated/α-hetero) is 1. The second-order valence-electron chi connectivity index (χ2n) is 3.57. The number of rotatable bonds is 3. The first-order valence-corrected chi connectivity index (χ1v) is 4.15. The van der Waals surface area contributed by atoms with Crippen LogP contribution in [0.2, 0.25) is 0 Å². The van der Waals surface area contributed by atoms with E-state index < -0.39 is 0 Å². The van der Waals surface area contributed by atoms with Gasteiger partial charge in [-0.15, -0.1) is 0 Å². The Hall–Kier alpha value is -0.660. The van der Waals surface area contributed by atoms with Gasteiger partial charge < -0.3 is 0 Å². The van der Waals surface area contributed by atoms with Gasteiger partial charge in [0.05, 0.1) is 6.54 Å². The van der Waals surface area contributed by atoms with Crippen molar-refractivity contribution in [1.29, 1.82) is 0 Å². The van der Waals surface area contributed by atoms with Gasteiger partial charge in [0.1, 0.15) is 0 Å². The van der Waals surface area contributed by atoms with Crippen LogP contribution in [0.3, 0.4) is 0 Å². The van der Waals surface area contributed by atoms with Gasteiger partial charge in [-0.25, -0.2) is 0 Å². The quantitative estimate of drug-likeness (QED) is 0.569. The molecule has 0 bridgehead atoms. The zero-order chi connectivity index (χ0) is 8.32. The lowest BCUT2D eigenvalue weighted by atomic mass is 9.84. The summed E-state index contributed by atoms with van der Waals surface area (Å²) in [6, 6.07) is 0. The molecule has 62 valence electrons. The van der Waals surface area contributed by atoms with E-state index in [0.717, 1.165) is 12.8 Å². The number of carbonyl (C=O) groups is 1. The molecule has 11 heavy (non-hydrogen) atoms. The first-order valence-electron chi connectivity index (χ1n) is 4.15. The summed E-state index contributed by atoms with van der Waals surface area (Å²) in [6.45, 7) is 5.68. The maximum Gasteiger partial charge on any atom is 0.160 e. The molecule has 0 radical (unpaired) electrons. The summed E-state index contributed by atoms with van der Waals surface area (Å²) in [5, 5.41) is 0. The maximum atomic E-state index is 11.4. The molecule has 1 aliphatic rings. The third-order valence-electron chi connectivity index (χ3n) is 2.64. The molecule has 2 nitrogen and oxygen atoms in total. The smallest absolute Gasteiger partial charge is 0.160 e. The summed E-state index contributed by atoms with van der Waals surface area (Å²) in [5.41, 5.74) is -0.0683. The van der Waals surface area contributed by atoms with Crippen molar-refractivity contribution < 1.29 is 4.79 Å². The van der Waals surface area contributed by atoms with Crippen LogP contribution in [0.25, 0.3) is 0 Å². The fraction of sp³-hybridized carbons (Fsp3) is 0.778. The molecule has 2 heteroatoms. The molecule has 1 rings (SSSR count). The SMILES string of the molecule is C=NCC(=O)C1(C)CCCC1. The Morgan fingerprint density at radius 1 is 1.55 bits per heavy atom. The number of nitrogens with zero attached hydrogens (tertiary/aromatic N) is 1. The van der Waals surface area contributed by atoms with Gasteiger partial charge in [-0.1, -0.05) is 19.8 Å². The minimum Gasteiger partial charge on any atom is -0.297 e. The summed E-state index contributed by atoms with van der Waals surface area (Å²) in [4.78, 5) is 15.1. The summed E-state index contributed by atoms with van der Waals surface area (Å²) < 4.78 is 0. The van der Waals surface area contributed by atoms with Crippen molar-refractivity contribution in [2.45, 2.75) is 32.6 Å². The Morgan fingerprint density at radius 2 is 2.09 bits per heavy atom. The molecule has 0 unspecified atom stereocenters. The minimum atomic E-state index is -0.0683. The standard InChI is InChI=1S/C9H15NO/c1-9(5-3-4-6-9)8(11)7-10-2/h2-7H2,1H3. The van der Waals surface area contributed by atoms with Crippen LogP contribution >= 0.6 is 0 Å². The fourth-order valence-corrected chi connectivity index (χ4v) is 1.73. The largest absolute Gasteiger partial charge is 0.297 e. The Balaban J connectivity index is 2.55. The molecule has 0 N–H and O–H groups in total. The first-order chi connectivity index (χ1) is 5.19. The number of hydrogen-bond donors (Lipinski definition) is 0. The van der Waals surface area contributed by atoms with Gasteiger partial charge in [0.2, 0.25) is 0 Å². The average molecular weight is 153 g/mol. The van der Waals surface area contributed by atoms with Crippen molar-refractivity contribution in [2.24, 2.45) is 10.4 Å². The van der Waals surface area contributed by atoms with Crippen molar-refractivity contribution >= 4 is 12.5 Å². The molecule has 0 spiro atoms. The highest BCUT2D eigenvalue weighted by Gasteiger charge is 2.35. The number of hydrogen-bond acceptors (Lipinski definition) is 2. The lowest BCUT2D eigenvalue weighted by molar-refractivity contribution is -0.126. The molecule has 0 saturated heterocycles. The van der Waals surface area contributed by atoms with Gasteiger partial charge in [0.15, 0.2) is 5.78 Å². The van der Waals surface area contributed by atoms with E-state index in [-0.39, 0.29) is 11.2 Å². The Labute approximate surface area is 67.7 Å². The monoisotopic (exact) mass is 153 g/mol. The summed E-state index contributed by atoms with van der Waals surface area (Å²) in [5.74, 6) is 0.269. The van der Waals surface area contributed by atoms with Crippen LogP contribution in [0.4, 0.5) is 0 Å². The third-order valence-corrected chi connectivity index (χ3v) is 2.64. The van der Waals surface area contributed by atoms with Gasteiger partial charge in [-0.3, -0.25) is 9.79 Å². The van der Waals surface area contributed by atoms with E-state index in [1.807, 2.05) is 6.92 Å². The molecular weight excluding hydrogens is 138 g/mol. The average Bonchev–Trinajstić information content (AvgIpc) is 2.38. The number of aliphatic imine (C=N–C) groups is 1. The van der Waals surface area contributed by atoms with Crippen LogP contribution < -0.4 is 0 Å². The minimum absolute atomic E-state index is 0.0683. The van der Waals surface area contributed by atoms with E-state index in [4.69, 9.17) is 0 Å². The highest BCUT2D eigenvalue weighted by atomic mass is 16.1. The van der Waals surface area contributed by atoms with Gasteiger partial charge in [-0.05, 0) is 19.6 Å². The predicted octanol–water partition coefficient (Wildman–Crippen LogP) is 1.84. The lowest BCUT2D eigenvalue weighted by Crippen LogP contribution is -2.26. The molecule has 1 saturated carbocycles. The van der Waals surface area contributed by atoms with Crippen molar-refractivity contribution in [3.8, 4) is 0 Å². The van der Waals surface area contributed by atoms with Crippen molar-refractivity contribution in [2.75, 3.05) is 6.54 Å². The lowest BCUT2D eigenvalue weighted by Gasteiger charge is -2.19. The fourth-order valence-electron chi connectivity index (χ4n) is 1.73. The van der Waals surface area contributed by atoms with Crippen molar-refractivity contribution in [1.82, 2.24) is 0 Å². The highest BCUT2D eigenvalue weighted by molar-refractivity contribution is 5.87. The molecular formula is C9H15NO. The van der Waals surface area contributed by atoms with Crippen LogP contribution in [0.15, 0.2) is 4.99 Å². The second kappa shape index (κ2) is 3.16. The molecule has 0 aliphatic heterocycles. The molecule has 1 fully saturated rings. The Morgan fingerprint density at radius 3 is 2.55 bits per heavy atom. The van der Waals surface area contributed by atoms with E-state index in [1.54, 1.807) is 0 Å². The molecule has 0 aromatic rings. The van der Waals surface area contributed by atoms with Crippen LogP contribution in [0.1, 0.15) is 32.6 Å². The van der Waals surface area contributed by atoms with Crippen LogP contribution in [0.5, 0.6) is 0 Å². The van der Waals surface area contributed by atoms with E-state index in [1.165, 1.54) is 12.8 Å². The van der Waals surface area contributed by atoms with Gasteiger partial charge in [-0.2, -0.15) is 0 Å². The molecule has 0 heterocycles. The molecule has 0 amide bonds. The zero-order valence-corrected chi connectivity index (χ0v) is 7.10. The maximum absolute atomic E-state index is 11.4. The molecule has 1 aliphatic carbocycles. The van der Waals surface area contributed by atoms with Gasteiger partial charge in [0, 0.05) is 5.41 Å². The Kier molecular flexibility index (Phi) is 2.42. The number of ketones is 1. The number of carbonyl (C=O) groups excluding carboxylic acids is 1. The van der Waals surface area contributed by atoms with E-state index in [2.05, 4.69) is 11.7 Å². The summed E-state index contributed by atoms with van der Waals surface area (Å²) in [6.07, 6.45) is 4.47. The van der Waals surface area contributed by atoms with Crippen molar-refractivity contribution in [3.63, 3.8) is 0 Å². The summed E-state index contributed by atoms with van der Waals surface area (Å²) >= 11 is 0. The van der Waals surface area contributed by atoms with Crippen LogP contribution in [0, 0.1) is 5.41 Å². The van der Waals surface area contributed by atoms with Gasteiger partial charge >= 0.3 is 0 Å².